The minimum absolute atomic E-state index is 0.0117. The number of hydrogen-bond donors (Lipinski definition) is 4. The summed E-state index contributed by atoms with van der Waals surface area (Å²) in [5.41, 5.74) is 2.75. The third-order valence-electron chi connectivity index (χ3n) is 5.41. The van der Waals surface area contributed by atoms with Gasteiger partial charge in [-0.25, -0.2) is 22.7 Å². The van der Waals surface area contributed by atoms with Crippen molar-refractivity contribution in [2.24, 2.45) is 0 Å². The fourth-order valence-corrected chi connectivity index (χ4v) is 4.84. The predicted molar refractivity (Wildman–Crippen MR) is 166 cm³/mol. The Morgan fingerprint density at radius 1 is 1.09 bits per heavy atom. The summed E-state index contributed by atoms with van der Waals surface area (Å²) >= 11 is 11.9. The van der Waals surface area contributed by atoms with Crippen LogP contribution in [0.15, 0.2) is 71.9 Å². The lowest BCUT2D eigenvalue weighted by Gasteiger charge is -2.14. The Morgan fingerprint density at radius 3 is 2.40 bits per heavy atom. The van der Waals surface area contributed by atoms with Gasteiger partial charge in [0.25, 0.3) is 10.0 Å². The number of carbonyl (C=O) groups is 3. The van der Waals surface area contributed by atoms with Crippen LogP contribution in [0.2, 0.25) is 10.0 Å². The number of pyridine rings is 1. The molecule has 0 aliphatic heterocycles. The molecule has 0 atom stereocenters. The van der Waals surface area contributed by atoms with Gasteiger partial charge < -0.3 is 20.5 Å². The van der Waals surface area contributed by atoms with Gasteiger partial charge in [-0.15, -0.1) is 0 Å². The Balaban J connectivity index is 0.000000309. The maximum atomic E-state index is 12.5. The fraction of sp³-hybridized carbons (Fsp3) is 0.241. The number of carbonyl (C=O) groups excluding carboxylic acids is 2. The summed E-state index contributed by atoms with van der Waals surface area (Å²) < 4.78 is 31.8. The van der Waals surface area contributed by atoms with Crippen LogP contribution in [0.3, 0.4) is 0 Å². The number of aromatic nitrogens is 1. The number of sulfonamides is 1. The minimum Gasteiger partial charge on any atom is -0.480 e. The number of amides is 2. The zero-order chi connectivity index (χ0) is 32.3. The first-order chi connectivity index (χ1) is 20.2. The van der Waals surface area contributed by atoms with Crippen LogP contribution in [0.5, 0.6) is 5.75 Å². The maximum Gasteiger partial charge on any atom is 0.341 e. The van der Waals surface area contributed by atoms with Crippen LogP contribution in [-0.2, 0) is 14.8 Å². The van der Waals surface area contributed by atoms with E-state index in [1.165, 1.54) is 30.6 Å². The average Bonchev–Trinajstić information content (AvgIpc) is 2.93. The number of rotatable bonds is 11. The van der Waals surface area contributed by atoms with Gasteiger partial charge in [0.1, 0.15) is 15.7 Å². The van der Waals surface area contributed by atoms with Crippen LogP contribution >= 0.6 is 23.2 Å². The number of anilines is 2. The number of hydrogen-bond acceptors (Lipinski definition) is 8. The van der Waals surface area contributed by atoms with Crippen LogP contribution in [0.1, 0.15) is 43.1 Å². The predicted octanol–water partition coefficient (Wildman–Crippen LogP) is 6.14. The number of carboxylic acids is 1. The molecule has 3 rings (SSSR count). The first kappa shape index (κ1) is 35.1. The van der Waals surface area contributed by atoms with Gasteiger partial charge in [-0.1, -0.05) is 48.8 Å². The number of nitrogens with zero attached hydrogens (tertiary/aromatic N) is 1. The Labute approximate surface area is 260 Å². The molecule has 4 N–H and O–H groups in total. The number of ketones is 1. The van der Waals surface area contributed by atoms with Crippen LogP contribution in [0, 0.1) is 6.92 Å². The zero-order valence-corrected chi connectivity index (χ0v) is 26.2. The smallest absolute Gasteiger partial charge is 0.341 e. The summed E-state index contributed by atoms with van der Waals surface area (Å²) in [6.07, 6.45) is 3.18. The number of aryl methyl sites for hydroxylation is 1. The highest BCUT2D eigenvalue weighted by atomic mass is 35.5. The van der Waals surface area contributed by atoms with E-state index in [0.717, 1.165) is 11.3 Å². The van der Waals surface area contributed by atoms with E-state index in [0.29, 0.717) is 17.7 Å². The number of halogens is 2. The molecule has 0 aliphatic rings. The van der Waals surface area contributed by atoms with Crippen LogP contribution in [-0.4, -0.2) is 48.9 Å². The van der Waals surface area contributed by atoms with Crippen LogP contribution < -0.4 is 20.1 Å². The van der Waals surface area contributed by atoms with Crippen molar-refractivity contribution < 1.29 is 32.6 Å². The van der Waals surface area contributed by atoms with E-state index in [1.807, 2.05) is 35.9 Å². The Morgan fingerprint density at radius 2 is 1.79 bits per heavy atom. The van der Waals surface area contributed by atoms with Crippen molar-refractivity contribution in [2.75, 3.05) is 11.9 Å². The number of Topliss-reactive ketones (excluding diaryl/α,β-unsaturated/α-hetero) is 1. The lowest BCUT2D eigenvalue weighted by atomic mass is 10.0. The van der Waals surface area contributed by atoms with E-state index in [-0.39, 0.29) is 38.1 Å². The van der Waals surface area contributed by atoms with E-state index in [2.05, 4.69) is 22.2 Å². The third-order valence-corrected chi connectivity index (χ3v) is 7.63. The number of urea groups is 1. The van der Waals surface area contributed by atoms with Crippen molar-refractivity contribution in [3.05, 3.63) is 88.2 Å². The second kappa shape index (κ2) is 15.9. The maximum absolute atomic E-state index is 12.5. The van der Waals surface area contributed by atoms with Gasteiger partial charge in [0.2, 0.25) is 0 Å². The number of ether oxygens (including phenoxy) is 1. The monoisotopic (exact) mass is 650 g/mol. The van der Waals surface area contributed by atoms with E-state index in [4.69, 9.17) is 33.0 Å². The van der Waals surface area contributed by atoms with Crippen LogP contribution in [0.25, 0.3) is 0 Å². The summed E-state index contributed by atoms with van der Waals surface area (Å²) in [6, 6.07) is 10.9. The van der Waals surface area contributed by atoms with Gasteiger partial charge in [0.15, 0.2) is 12.4 Å². The van der Waals surface area contributed by atoms with E-state index in [9.17, 15) is 22.8 Å². The van der Waals surface area contributed by atoms with Gasteiger partial charge in [-0.2, -0.15) is 0 Å². The summed E-state index contributed by atoms with van der Waals surface area (Å²) in [7, 11) is -4.05. The summed E-state index contributed by atoms with van der Waals surface area (Å²) in [5, 5.41) is 14.1. The van der Waals surface area contributed by atoms with Crippen molar-refractivity contribution in [2.45, 2.75) is 45.1 Å². The van der Waals surface area contributed by atoms with Crippen molar-refractivity contribution >= 4 is 62.4 Å². The minimum atomic E-state index is -4.05. The normalized spacial score (nSPS) is 10.7. The van der Waals surface area contributed by atoms with Gasteiger partial charge in [0, 0.05) is 29.7 Å². The number of carboxylic acid groups (broad SMARTS) is 1. The summed E-state index contributed by atoms with van der Waals surface area (Å²) in [6.45, 7) is 10.3. The molecule has 0 fully saturated rings. The van der Waals surface area contributed by atoms with Gasteiger partial charge in [-0.3, -0.25) is 9.78 Å². The van der Waals surface area contributed by atoms with Crippen molar-refractivity contribution in [1.29, 1.82) is 0 Å². The van der Waals surface area contributed by atoms with Gasteiger partial charge in [-0.05, 0) is 68.7 Å². The molecular formula is C29H32Cl2N4O7S. The largest absolute Gasteiger partial charge is 0.480 e. The molecule has 0 saturated heterocycles. The first-order valence-corrected chi connectivity index (χ1v) is 15.1. The van der Waals surface area contributed by atoms with E-state index in [1.54, 1.807) is 20.8 Å². The number of nitrogens with one attached hydrogen (secondary N) is 3. The van der Waals surface area contributed by atoms with Crippen LogP contribution in [0.4, 0.5) is 16.2 Å². The summed E-state index contributed by atoms with van der Waals surface area (Å²) in [5.74, 6) is -1.31. The highest BCUT2D eigenvalue weighted by Gasteiger charge is 2.22. The Hall–Kier alpha value is -4.13. The number of aliphatic carboxylic acids is 1. The molecule has 0 bridgehead atoms. The quantitative estimate of drug-likeness (QED) is 0.141. The van der Waals surface area contributed by atoms with Gasteiger partial charge in [0.05, 0.1) is 10.7 Å². The highest BCUT2D eigenvalue weighted by Crippen LogP contribution is 2.35. The molecule has 0 unspecified atom stereocenters. The molecular weight excluding hydrogens is 619 g/mol. The van der Waals surface area contributed by atoms with Crippen molar-refractivity contribution in [1.82, 2.24) is 15.0 Å². The van der Waals surface area contributed by atoms with Crippen molar-refractivity contribution in [3.63, 3.8) is 0 Å². The second-order valence-corrected chi connectivity index (χ2v) is 11.7. The molecule has 0 radical (unpaired) electrons. The molecule has 3 aromatic rings. The standard InChI is InChI=1S/C16H20N4O3S.C13H12Cl2O4/c1-11(2)18-16(21)20-24(22,23)15-10-17-8-7-14(15)19-13-6-4-5-12(3)9-13;1-3-7(2)13(18)8-4-5-9(12(15)11(8)14)19-6-10(16)17/h4-11H,1-3H3,(H,17,19)(H2,18,20,21);4-5H,2-3,6H2,1H3,(H,16,17). The number of benzene rings is 2. The fourth-order valence-electron chi connectivity index (χ4n) is 3.35. The lowest BCUT2D eigenvalue weighted by Crippen LogP contribution is -2.42. The molecule has 230 valence electrons. The lowest BCUT2D eigenvalue weighted by molar-refractivity contribution is -0.139. The van der Waals surface area contributed by atoms with Crippen molar-refractivity contribution in [3.8, 4) is 5.75 Å². The molecule has 2 amide bonds. The Kier molecular flexibility index (Phi) is 13.0. The summed E-state index contributed by atoms with van der Waals surface area (Å²) in [4.78, 5) is 37.8. The Bertz CT molecular complexity index is 1610. The molecule has 1 aromatic heterocycles. The molecule has 0 aliphatic carbocycles. The van der Waals surface area contributed by atoms with E-state index >= 15 is 0 Å². The molecule has 1 heterocycles. The first-order valence-electron chi connectivity index (χ1n) is 12.8. The number of allylic oxidation sites excluding steroid dienone is 1. The molecule has 11 nitrogen and oxygen atoms in total. The highest BCUT2D eigenvalue weighted by molar-refractivity contribution is 7.90. The molecule has 0 saturated carbocycles. The molecule has 14 heteroatoms. The SMILES string of the molecule is C=C(CC)C(=O)c1ccc(OCC(=O)O)c(Cl)c1Cl.Cc1cccc(Nc2ccncc2S(=O)(=O)NC(=O)NC(C)C)c1. The topological polar surface area (TPSA) is 164 Å². The van der Waals surface area contributed by atoms with Gasteiger partial charge >= 0.3 is 12.0 Å². The zero-order valence-electron chi connectivity index (χ0n) is 23.9. The second-order valence-electron chi connectivity index (χ2n) is 9.31. The van der Waals surface area contributed by atoms with E-state index < -0.39 is 28.6 Å². The third kappa shape index (κ3) is 10.6. The average molecular weight is 652 g/mol. The molecule has 43 heavy (non-hydrogen) atoms. The molecule has 2 aromatic carbocycles. The molecule has 0 spiro atoms.